The van der Waals surface area contributed by atoms with Crippen LogP contribution in [0.5, 0.6) is 5.75 Å². The highest BCUT2D eigenvalue weighted by Crippen LogP contribution is 2.38. The highest BCUT2D eigenvalue weighted by atomic mass is 35.5. The minimum atomic E-state index is -4.67. The van der Waals surface area contributed by atoms with E-state index in [1.807, 2.05) is 0 Å². The van der Waals surface area contributed by atoms with Gasteiger partial charge >= 0.3 is 6.18 Å². The fraction of sp³-hybridized carbons (Fsp3) is 0.480. The van der Waals surface area contributed by atoms with Crippen molar-refractivity contribution < 1.29 is 35.9 Å². The van der Waals surface area contributed by atoms with Crippen molar-refractivity contribution in [2.45, 2.75) is 30.3 Å². The summed E-state index contributed by atoms with van der Waals surface area (Å²) >= 11 is 5.95. The van der Waals surface area contributed by atoms with Gasteiger partial charge in [0.05, 0.1) is 30.3 Å². The number of benzene rings is 2. The predicted molar refractivity (Wildman–Crippen MR) is 131 cm³/mol. The molecule has 0 radical (unpaired) electrons. The van der Waals surface area contributed by atoms with Gasteiger partial charge in [-0.15, -0.1) is 0 Å². The van der Waals surface area contributed by atoms with E-state index in [0.29, 0.717) is 56.0 Å². The number of carbonyl (C=O) groups is 1. The number of halogens is 4. The lowest BCUT2D eigenvalue weighted by molar-refractivity contribution is -0.139. The molecule has 37 heavy (non-hydrogen) atoms. The van der Waals surface area contributed by atoms with Crippen molar-refractivity contribution in [3.8, 4) is 5.75 Å². The Kier molecular flexibility index (Phi) is 8.37. The molecule has 4 rings (SSSR count). The van der Waals surface area contributed by atoms with Gasteiger partial charge in [-0.1, -0.05) is 17.7 Å². The maximum absolute atomic E-state index is 13.4. The molecule has 0 bridgehead atoms. The summed E-state index contributed by atoms with van der Waals surface area (Å²) in [7, 11) is -4.25. The van der Waals surface area contributed by atoms with Gasteiger partial charge < -0.3 is 14.4 Å². The van der Waals surface area contributed by atoms with Crippen molar-refractivity contribution in [1.82, 2.24) is 9.21 Å². The molecule has 0 N–H and O–H groups in total. The fourth-order valence-corrected chi connectivity index (χ4v) is 6.44. The Morgan fingerprint density at radius 2 is 1.78 bits per heavy atom. The summed E-state index contributed by atoms with van der Waals surface area (Å²) < 4.78 is 79.1. The van der Waals surface area contributed by atoms with Crippen molar-refractivity contribution in [3.05, 3.63) is 59.1 Å². The summed E-state index contributed by atoms with van der Waals surface area (Å²) in [5, 5.41) is 0.528. The lowest BCUT2D eigenvalue weighted by Gasteiger charge is -2.42. The predicted octanol–water partition coefficient (Wildman–Crippen LogP) is 4.46. The Morgan fingerprint density at radius 1 is 1.08 bits per heavy atom. The van der Waals surface area contributed by atoms with Gasteiger partial charge in [0.1, 0.15) is 5.75 Å². The minimum absolute atomic E-state index is 0.0369. The van der Waals surface area contributed by atoms with Gasteiger partial charge in [0.25, 0.3) is 0 Å². The summed E-state index contributed by atoms with van der Waals surface area (Å²) in [6.07, 6.45) is -3.69. The van der Waals surface area contributed by atoms with Crippen LogP contribution in [0.15, 0.2) is 53.4 Å². The Morgan fingerprint density at radius 3 is 2.46 bits per heavy atom. The Bertz CT molecular complexity index is 1200. The quantitative estimate of drug-likeness (QED) is 0.500. The van der Waals surface area contributed by atoms with E-state index >= 15 is 0 Å². The first-order chi connectivity index (χ1) is 17.5. The van der Waals surface area contributed by atoms with E-state index in [1.54, 1.807) is 29.2 Å². The third-order valence-corrected chi connectivity index (χ3v) is 8.77. The van der Waals surface area contributed by atoms with Crippen molar-refractivity contribution in [2.75, 3.05) is 46.0 Å². The van der Waals surface area contributed by atoms with E-state index in [1.165, 1.54) is 4.31 Å². The van der Waals surface area contributed by atoms with Crippen molar-refractivity contribution in [2.24, 2.45) is 5.41 Å². The van der Waals surface area contributed by atoms with Gasteiger partial charge in [-0.2, -0.15) is 17.5 Å². The number of alkyl halides is 3. The second-order valence-electron chi connectivity index (χ2n) is 9.38. The van der Waals surface area contributed by atoms with Crippen molar-refractivity contribution >= 4 is 27.5 Å². The number of morpholine rings is 1. The number of hydrogen-bond donors (Lipinski definition) is 0. The molecule has 0 saturated carbocycles. The smallest absolute Gasteiger partial charge is 0.416 e. The Labute approximate surface area is 219 Å². The molecule has 0 spiro atoms. The van der Waals surface area contributed by atoms with E-state index in [4.69, 9.17) is 21.1 Å². The molecular formula is C25H28ClF3N2O5S. The van der Waals surface area contributed by atoms with E-state index < -0.39 is 32.1 Å². The summed E-state index contributed by atoms with van der Waals surface area (Å²) in [5.41, 5.74) is -1.91. The van der Waals surface area contributed by atoms with Gasteiger partial charge in [-0.25, -0.2) is 8.42 Å². The molecule has 202 valence electrons. The Hall–Kier alpha value is -2.34. The summed E-state index contributed by atoms with van der Waals surface area (Å²) in [6, 6.07) is 10.4. The van der Waals surface area contributed by atoms with E-state index in [2.05, 4.69) is 0 Å². The standard InChI is InChI=1S/C25H28ClF3N2O5S/c26-20-5-7-21(8-6-20)36-18-24(16-23(32)30-11-13-35-14-12-30)9-2-10-31(17-24)37(33,34)22-4-1-3-19(15-22)25(27,28)29/h1,3-8,15H,2,9-14,16-18H2/t24-/m1/s1. The summed E-state index contributed by atoms with van der Waals surface area (Å²) in [5.74, 6) is 0.377. The lowest BCUT2D eigenvalue weighted by atomic mass is 9.78. The first kappa shape index (κ1) is 27.7. The molecule has 0 unspecified atom stereocenters. The highest BCUT2D eigenvalue weighted by molar-refractivity contribution is 7.89. The van der Waals surface area contributed by atoms with Crippen LogP contribution in [0.2, 0.25) is 5.02 Å². The molecule has 2 aromatic carbocycles. The molecule has 2 aliphatic rings. The van der Waals surface area contributed by atoms with E-state index in [0.717, 1.165) is 18.2 Å². The van der Waals surface area contributed by atoms with Gasteiger partial charge in [0.2, 0.25) is 15.9 Å². The van der Waals surface area contributed by atoms with Crippen LogP contribution in [0.25, 0.3) is 0 Å². The van der Waals surface area contributed by atoms with Crippen LogP contribution in [0, 0.1) is 5.41 Å². The SMILES string of the molecule is O=C(C[C@]1(COc2ccc(Cl)cc2)CCCN(S(=O)(=O)c2cccc(C(F)(F)F)c2)C1)N1CCOCC1. The second-order valence-corrected chi connectivity index (χ2v) is 11.8. The molecule has 2 heterocycles. The van der Waals surface area contributed by atoms with Gasteiger partial charge in [0.15, 0.2) is 0 Å². The first-order valence-electron chi connectivity index (χ1n) is 11.9. The van der Waals surface area contributed by atoms with Crippen LogP contribution in [-0.4, -0.2) is 69.5 Å². The van der Waals surface area contributed by atoms with Gasteiger partial charge in [0, 0.05) is 43.0 Å². The second kappa shape index (κ2) is 11.2. The summed E-state index contributed by atoms with van der Waals surface area (Å²) in [4.78, 5) is 14.5. The first-order valence-corrected chi connectivity index (χ1v) is 13.7. The monoisotopic (exact) mass is 560 g/mol. The van der Waals surface area contributed by atoms with E-state index in [9.17, 15) is 26.4 Å². The highest BCUT2D eigenvalue weighted by Gasteiger charge is 2.43. The zero-order valence-corrected chi connectivity index (χ0v) is 21.6. The zero-order valence-electron chi connectivity index (χ0n) is 20.0. The molecule has 7 nitrogen and oxygen atoms in total. The molecular weight excluding hydrogens is 533 g/mol. The number of ether oxygens (including phenoxy) is 2. The number of piperidine rings is 1. The lowest BCUT2D eigenvalue weighted by Crippen LogP contribution is -2.51. The van der Waals surface area contributed by atoms with Crippen LogP contribution < -0.4 is 4.74 Å². The number of nitrogens with zero attached hydrogens (tertiary/aromatic N) is 2. The van der Waals surface area contributed by atoms with Gasteiger partial charge in [-0.3, -0.25) is 4.79 Å². The number of amides is 1. The average molecular weight is 561 g/mol. The summed E-state index contributed by atoms with van der Waals surface area (Å²) in [6.45, 7) is 1.87. The topological polar surface area (TPSA) is 76.2 Å². The third kappa shape index (κ3) is 6.76. The zero-order chi connectivity index (χ0) is 26.7. The largest absolute Gasteiger partial charge is 0.493 e. The van der Waals surface area contributed by atoms with Gasteiger partial charge in [-0.05, 0) is 55.3 Å². The number of rotatable bonds is 7. The van der Waals surface area contributed by atoms with Crippen molar-refractivity contribution in [3.63, 3.8) is 0 Å². The number of carbonyl (C=O) groups excluding carboxylic acids is 1. The molecule has 2 aromatic rings. The molecule has 2 fully saturated rings. The maximum Gasteiger partial charge on any atom is 0.416 e. The van der Waals surface area contributed by atoms with Crippen LogP contribution >= 0.6 is 11.6 Å². The molecule has 1 atom stereocenters. The molecule has 1 amide bonds. The maximum atomic E-state index is 13.4. The molecule has 0 aromatic heterocycles. The van der Waals surface area contributed by atoms with Crippen LogP contribution in [0.3, 0.4) is 0 Å². The average Bonchev–Trinajstić information content (AvgIpc) is 2.88. The minimum Gasteiger partial charge on any atom is -0.493 e. The fourth-order valence-electron chi connectivity index (χ4n) is 4.68. The molecule has 12 heteroatoms. The molecule has 2 aliphatic heterocycles. The van der Waals surface area contributed by atoms with Crippen molar-refractivity contribution in [1.29, 1.82) is 0 Å². The van der Waals surface area contributed by atoms with Crippen LogP contribution in [0.1, 0.15) is 24.8 Å². The van der Waals surface area contributed by atoms with Crippen LogP contribution in [-0.2, 0) is 25.7 Å². The molecule has 2 saturated heterocycles. The van der Waals surface area contributed by atoms with Crippen LogP contribution in [0.4, 0.5) is 13.2 Å². The number of hydrogen-bond acceptors (Lipinski definition) is 5. The number of sulfonamides is 1. The Balaban J connectivity index is 1.60. The van der Waals surface area contributed by atoms with E-state index in [-0.39, 0.29) is 32.0 Å². The molecule has 0 aliphatic carbocycles. The third-order valence-electron chi connectivity index (χ3n) is 6.67. The normalized spacial score (nSPS) is 21.6.